The monoisotopic (exact) mass is 368 g/mol. The van der Waals surface area contributed by atoms with Crippen LogP contribution in [-0.2, 0) is 4.79 Å². The maximum absolute atomic E-state index is 13.2. The van der Waals surface area contributed by atoms with Gasteiger partial charge >= 0.3 is 0 Å². The van der Waals surface area contributed by atoms with E-state index in [1.54, 1.807) is 12.1 Å². The zero-order valence-corrected chi connectivity index (χ0v) is 15.4. The van der Waals surface area contributed by atoms with Crippen LogP contribution < -0.4 is 5.32 Å². The number of carbonyl (C=O) groups is 1. The number of hydrogen-bond donors (Lipinski definition) is 1. The molecule has 0 unspecified atom stereocenters. The molecule has 2 rings (SSSR count). The Balaban J connectivity index is 1.88. The average molecular weight is 369 g/mol. The Bertz CT molecular complexity index is 659. The fourth-order valence-electron chi connectivity index (χ4n) is 2.12. The summed E-state index contributed by atoms with van der Waals surface area (Å²) in [6.07, 6.45) is 1.91. The molecule has 1 aromatic carbocycles. The van der Waals surface area contributed by atoms with Crippen molar-refractivity contribution in [3.05, 3.63) is 30.1 Å². The van der Waals surface area contributed by atoms with Gasteiger partial charge in [0.15, 0.2) is 4.34 Å². The molecule has 130 valence electrons. The van der Waals surface area contributed by atoms with Crippen LogP contribution in [0.3, 0.4) is 0 Å². The number of aromatic nitrogens is 2. The summed E-state index contributed by atoms with van der Waals surface area (Å²) < 4.78 is 13.9. The zero-order valence-electron chi connectivity index (χ0n) is 13.8. The average Bonchev–Trinajstić information content (AvgIpc) is 3.00. The third-order valence-corrected chi connectivity index (χ3v) is 5.10. The molecule has 1 N–H and O–H groups in total. The number of rotatable bonds is 9. The van der Waals surface area contributed by atoms with Crippen molar-refractivity contribution >= 4 is 39.8 Å². The lowest BCUT2D eigenvalue weighted by Gasteiger charge is -2.20. The van der Waals surface area contributed by atoms with Crippen LogP contribution in [0.4, 0.5) is 15.2 Å². The second-order valence-corrected chi connectivity index (χ2v) is 7.38. The van der Waals surface area contributed by atoms with Crippen molar-refractivity contribution in [1.82, 2.24) is 15.1 Å². The summed E-state index contributed by atoms with van der Waals surface area (Å²) >= 11 is 2.73. The number of thioether (sulfide) groups is 1. The number of hydrogen-bond acceptors (Lipinski definition) is 6. The van der Waals surface area contributed by atoms with Gasteiger partial charge in [-0.25, -0.2) is 4.39 Å². The first-order valence-corrected chi connectivity index (χ1v) is 9.69. The summed E-state index contributed by atoms with van der Waals surface area (Å²) in [5.74, 6) is 0.171. The lowest BCUT2D eigenvalue weighted by Crippen LogP contribution is -2.33. The van der Waals surface area contributed by atoms with Crippen LogP contribution in [-0.4, -0.2) is 39.8 Å². The Labute approximate surface area is 149 Å². The molecule has 2 aromatic rings. The second kappa shape index (κ2) is 9.58. The summed E-state index contributed by atoms with van der Waals surface area (Å²) in [5.41, 5.74) is 0.621. The predicted octanol–water partition coefficient (Wildman–Crippen LogP) is 4.16. The lowest BCUT2D eigenvalue weighted by atomic mass is 10.3. The van der Waals surface area contributed by atoms with Crippen LogP contribution >= 0.6 is 23.1 Å². The van der Waals surface area contributed by atoms with Gasteiger partial charge in [0.05, 0.1) is 5.75 Å². The first-order chi connectivity index (χ1) is 11.6. The van der Waals surface area contributed by atoms with Crippen LogP contribution in [0, 0.1) is 5.82 Å². The molecule has 0 aliphatic rings. The molecule has 0 atom stereocenters. The lowest BCUT2D eigenvalue weighted by molar-refractivity contribution is -0.128. The van der Waals surface area contributed by atoms with Crippen molar-refractivity contribution < 1.29 is 9.18 Å². The fraction of sp³-hybridized carbons (Fsp3) is 0.438. The molecule has 0 radical (unpaired) electrons. The van der Waals surface area contributed by atoms with E-state index in [-0.39, 0.29) is 11.7 Å². The van der Waals surface area contributed by atoms with Gasteiger partial charge in [-0.15, -0.1) is 10.2 Å². The summed E-state index contributed by atoms with van der Waals surface area (Å²) in [5, 5.41) is 11.7. The molecule has 0 saturated heterocycles. The summed E-state index contributed by atoms with van der Waals surface area (Å²) in [4.78, 5) is 14.1. The first-order valence-electron chi connectivity index (χ1n) is 7.89. The van der Waals surface area contributed by atoms with E-state index < -0.39 is 0 Å². The van der Waals surface area contributed by atoms with Gasteiger partial charge in [-0.2, -0.15) is 0 Å². The summed E-state index contributed by atoms with van der Waals surface area (Å²) in [7, 11) is 0. The quantitative estimate of drug-likeness (QED) is 0.674. The standard InChI is InChI=1S/C16H21FN4OS2/c1-3-8-21(9-4-2)14(22)11-23-16-20-19-15(24-16)18-13-7-5-6-12(17)10-13/h5-7,10H,3-4,8-9,11H2,1-2H3,(H,18,19). The van der Waals surface area contributed by atoms with Gasteiger partial charge in [0.2, 0.25) is 11.0 Å². The van der Waals surface area contributed by atoms with Crippen LogP contribution in [0.5, 0.6) is 0 Å². The van der Waals surface area contributed by atoms with E-state index in [1.165, 1.54) is 35.2 Å². The van der Waals surface area contributed by atoms with Crippen molar-refractivity contribution in [2.24, 2.45) is 0 Å². The molecule has 0 bridgehead atoms. The number of anilines is 2. The molecular weight excluding hydrogens is 347 g/mol. The molecule has 0 spiro atoms. The second-order valence-electron chi connectivity index (χ2n) is 5.18. The van der Waals surface area contributed by atoms with Crippen LogP contribution in [0.2, 0.25) is 0 Å². The molecule has 0 aliphatic carbocycles. The maximum atomic E-state index is 13.2. The Morgan fingerprint density at radius 1 is 1.29 bits per heavy atom. The van der Waals surface area contributed by atoms with Gasteiger partial charge in [-0.1, -0.05) is 43.0 Å². The highest BCUT2D eigenvalue weighted by Gasteiger charge is 2.14. The van der Waals surface area contributed by atoms with Gasteiger partial charge in [-0.05, 0) is 31.0 Å². The number of amides is 1. The van der Waals surface area contributed by atoms with Gasteiger partial charge in [0, 0.05) is 18.8 Å². The van der Waals surface area contributed by atoms with E-state index >= 15 is 0 Å². The molecule has 0 fully saturated rings. The highest BCUT2D eigenvalue weighted by atomic mass is 32.2. The molecule has 1 amide bonds. The minimum Gasteiger partial charge on any atom is -0.342 e. The maximum Gasteiger partial charge on any atom is 0.233 e. The molecular formula is C16H21FN4OS2. The summed E-state index contributed by atoms with van der Waals surface area (Å²) in [6.45, 7) is 5.71. The van der Waals surface area contributed by atoms with Crippen molar-refractivity contribution in [2.75, 3.05) is 24.2 Å². The van der Waals surface area contributed by atoms with Gasteiger partial charge in [0.1, 0.15) is 5.82 Å². The van der Waals surface area contributed by atoms with Crippen LogP contribution in [0.1, 0.15) is 26.7 Å². The van der Waals surface area contributed by atoms with Crippen molar-refractivity contribution in [1.29, 1.82) is 0 Å². The van der Waals surface area contributed by atoms with E-state index in [4.69, 9.17) is 0 Å². The Morgan fingerprint density at radius 3 is 2.71 bits per heavy atom. The third-order valence-electron chi connectivity index (χ3n) is 3.14. The van der Waals surface area contributed by atoms with E-state index in [9.17, 15) is 9.18 Å². The minimum absolute atomic E-state index is 0.124. The van der Waals surface area contributed by atoms with Gasteiger partial charge < -0.3 is 10.2 Å². The zero-order chi connectivity index (χ0) is 17.4. The molecule has 0 saturated carbocycles. The number of halogens is 1. The summed E-state index contributed by atoms with van der Waals surface area (Å²) in [6, 6.07) is 6.17. The van der Waals surface area contributed by atoms with Crippen molar-refractivity contribution in [3.8, 4) is 0 Å². The smallest absolute Gasteiger partial charge is 0.233 e. The topological polar surface area (TPSA) is 58.1 Å². The minimum atomic E-state index is -0.309. The molecule has 1 heterocycles. The van der Waals surface area contributed by atoms with Crippen molar-refractivity contribution in [3.63, 3.8) is 0 Å². The first kappa shape index (κ1) is 18.7. The predicted molar refractivity (Wildman–Crippen MR) is 97.5 cm³/mol. The normalized spacial score (nSPS) is 10.6. The van der Waals surface area contributed by atoms with Crippen LogP contribution in [0.25, 0.3) is 0 Å². The van der Waals surface area contributed by atoms with E-state index in [0.29, 0.717) is 16.6 Å². The molecule has 0 aliphatic heterocycles. The highest BCUT2D eigenvalue weighted by molar-refractivity contribution is 8.01. The Morgan fingerprint density at radius 2 is 2.04 bits per heavy atom. The molecule has 1 aromatic heterocycles. The molecule has 8 heteroatoms. The van der Waals surface area contributed by atoms with Crippen LogP contribution in [0.15, 0.2) is 28.6 Å². The van der Waals surface area contributed by atoms with E-state index in [0.717, 1.165) is 30.3 Å². The molecule has 24 heavy (non-hydrogen) atoms. The van der Waals surface area contributed by atoms with Gasteiger partial charge in [-0.3, -0.25) is 4.79 Å². The SMILES string of the molecule is CCCN(CCC)C(=O)CSc1nnc(Nc2cccc(F)c2)s1. The number of nitrogens with one attached hydrogen (secondary N) is 1. The highest BCUT2D eigenvalue weighted by Crippen LogP contribution is 2.28. The van der Waals surface area contributed by atoms with Crippen molar-refractivity contribution in [2.45, 2.75) is 31.0 Å². The fourth-order valence-corrected chi connectivity index (χ4v) is 3.80. The Kier molecular flexibility index (Phi) is 7.45. The number of benzene rings is 1. The Hall–Kier alpha value is -1.67. The number of carbonyl (C=O) groups excluding carboxylic acids is 1. The van der Waals surface area contributed by atoms with E-state index in [2.05, 4.69) is 29.4 Å². The number of nitrogens with zero attached hydrogens (tertiary/aromatic N) is 3. The third kappa shape index (κ3) is 5.76. The van der Waals surface area contributed by atoms with E-state index in [1.807, 2.05) is 4.90 Å². The largest absolute Gasteiger partial charge is 0.342 e. The van der Waals surface area contributed by atoms with Gasteiger partial charge in [0.25, 0.3) is 0 Å². The molecule has 5 nitrogen and oxygen atoms in total.